The van der Waals surface area contributed by atoms with Crippen molar-refractivity contribution < 1.29 is 0 Å². The van der Waals surface area contributed by atoms with Crippen LogP contribution in [0.15, 0.2) is 12.4 Å². The van der Waals surface area contributed by atoms with Crippen LogP contribution in [0.1, 0.15) is 44.3 Å². The van der Waals surface area contributed by atoms with Gasteiger partial charge >= 0.3 is 0 Å². The van der Waals surface area contributed by atoms with Gasteiger partial charge < -0.3 is 4.98 Å². The zero-order valence-corrected chi connectivity index (χ0v) is 9.84. The fourth-order valence-corrected chi connectivity index (χ4v) is 2.89. The molecular weight excluding hydrogens is 208 g/mol. The molecule has 1 aliphatic carbocycles. The highest BCUT2D eigenvalue weighted by Crippen LogP contribution is 2.29. The quantitative estimate of drug-likeness (QED) is 0.782. The molecule has 0 aromatic carbocycles. The lowest BCUT2D eigenvalue weighted by Gasteiger charge is -2.23. The van der Waals surface area contributed by atoms with Gasteiger partial charge in [-0.3, -0.25) is 0 Å². The first kappa shape index (κ1) is 11.0. The molecule has 1 aromatic rings. The molecule has 3 heteroatoms. The molecule has 0 radical (unpaired) electrons. The van der Waals surface area contributed by atoms with E-state index in [1.807, 2.05) is 6.20 Å². The average molecular weight is 227 g/mol. The minimum atomic E-state index is 0.249. The van der Waals surface area contributed by atoms with Gasteiger partial charge in [0.05, 0.1) is 0 Å². The summed E-state index contributed by atoms with van der Waals surface area (Å²) in [5, 5.41) is 0.249. The molecule has 15 heavy (non-hydrogen) atoms. The van der Waals surface area contributed by atoms with E-state index >= 15 is 0 Å². The number of rotatable bonds is 4. The average Bonchev–Trinajstić information content (AvgIpc) is 2.71. The normalized spacial score (nSPS) is 20.3. The molecule has 1 saturated carbocycles. The summed E-state index contributed by atoms with van der Waals surface area (Å²) in [6.07, 6.45) is 12.7. The fraction of sp³-hybridized carbons (Fsp3) is 0.750. The van der Waals surface area contributed by atoms with Crippen LogP contribution in [-0.4, -0.2) is 15.3 Å². The maximum atomic E-state index is 6.35. The predicted octanol–water partition coefficient (Wildman–Crippen LogP) is 3.53. The summed E-state index contributed by atoms with van der Waals surface area (Å²) in [4.78, 5) is 7.32. The molecule has 1 aromatic heterocycles. The minimum Gasteiger partial charge on any atom is -0.349 e. The number of aromatic nitrogens is 2. The summed E-state index contributed by atoms with van der Waals surface area (Å²) in [7, 11) is 0. The lowest BCUT2D eigenvalue weighted by atomic mass is 9.85. The van der Waals surface area contributed by atoms with Crippen molar-refractivity contribution >= 4 is 11.6 Å². The number of nitrogens with one attached hydrogen (secondary N) is 1. The second kappa shape index (κ2) is 5.55. The van der Waals surface area contributed by atoms with Crippen LogP contribution in [0.3, 0.4) is 0 Å². The molecule has 0 amide bonds. The molecule has 1 atom stereocenters. The van der Waals surface area contributed by atoms with Gasteiger partial charge in [0.25, 0.3) is 0 Å². The summed E-state index contributed by atoms with van der Waals surface area (Å²) >= 11 is 6.35. The third-order valence-corrected chi connectivity index (χ3v) is 3.62. The zero-order valence-electron chi connectivity index (χ0n) is 9.08. The van der Waals surface area contributed by atoms with Gasteiger partial charge in [-0.2, -0.15) is 0 Å². The molecule has 1 unspecified atom stereocenters. The highest BCUT2D eigenvalue weighted by molar-refractivity contribution is 6.20. The van der Waals surface area contributed by atoms with Crippen LogP contribution in [0, 0.1) is 5.92 Å². The van der Waals surface area contributed by atoms with Crippen molar-refractivity contribution in [2.24, 2.45) is 5.92 Å². The molecule has 1 fully saturated rings. The van der Waals surface area contributed by atoms with Crippen LogP contribution in [0.25, 0.3) is 0 Å². The molecule has 0 bridgehead atoms. The molecule has 0 spiro atoms. The SMILES string of the molecule is ClC(Cc1ncc[nH]1)CC1CCCCC1. The van der Waals surface area contributed by atoms with E-state index < -0.39 is 0 Å². The second-order valence-electron chi connectivity index (χ2n) is 4.58. The summed E-state index contributed by atoms with van der Waals surface area (Å²) < 4.78 is 0. The molecule has 1 N–H and O–H groups in total. The van der Waals surface area contributed by atoms with Crippen LogP contribution in [0.2, 0.25) is 0 Å². The van der Waals surface area contributed by atoms with Crippen LogP contribution >= 0.6 is 11.6 Å². The standard InChI is InChI=1S/C12H19ClN2/c13-11(9-12-14-6-7-15-12)8-10-4-2-1-3-5-10/h6-7,10-11H,1-5,8-9H2,(H,14,15). The Morgan fingerprint density at radius 1 is 1.40 bits per heavy atom. The second-order valence-corrected chi connectivity index (χ2v) is 5.19. The van der Waals surface area contributed by atoms with Crippen molar-refractivity contribution in [2.45, 2.75) is 50.3 Å². The van der Waals surface area contributed by atoms with E-state index in [0.717, 1.165) is 24.6 Å². The van der Waals surface area contributed by atoms with Crippen LogP contribution < -0.4 is 0 Å². The molecule has 0 aliphatic heterocycles. The summed E-state index contributed by atoms with van der Waals surface area (Å²) in [6, 6.07) is 0. The Balaban J connectivity index is 1.74. The number of aromatic amines is 1. The highest BCUT2D eigenvalue weighted by atomic mass is 35.5. The Bertz CT molecular complexity index is 265. The third-order valence-electron chi connectivity index (χ3n) is 3.28. The number of H-pyrrole nitrogens is 1. The van der Waals surface area contributed by atoms with E-state index in [1.54, 1.807) is 6.20 Å². The Kier molecular flexibility index (Phi) is 4.07. The smallest absolute Gasteiger partial charge is 0.107 e. The molecule has 84 valence electrons. The first-order valence-electron chi connectivity index (χ1n) is 5.97. The molecule has 1 heterocycles. The first-order valence-corrected chi connectivity index (χ1v) is 6.40. The molecule has 2 nitrogen and oxygen atoms in total. The van der Waals surface area contributed by atoms with Crippen molar-refractivity contribution in [3.05, 3.63) is 18.2 Å². The number of alkyl halides is 1. The lowest BCUT2D eigenvalue weighted by Crippen LogP contribution is -2.14. The Morgan fingerprint density at radius 2 is 2.20 bits per heavy atom. The minimum absolute atomic E-state index is 0.249. The van der Waals surface area contributed by atoms with Crippen LogP contribution in [0.4, 0.5) is 0 Å². The number of hydrogen-bond acceptors (Lipinski definition) is 1. The van der Waals surface area contributed by atoms with E-state index in [9.17, 15) is 0 Å². The van der Waals surface area contributed by atoms with Crippen LogP contribution in [-0.2, 0) is 6.42 Å². The van der Waals surface area contributed by atoms with Gasteiger partial charge in [0.15, 0.2) is 0 Å². The van der Waals surface area contributed by atoms with Crippen molar-refractivity contribution in [3.63, 3.8) is 0 Å². The monoisotopic (exact) mass is 226 g/mol. The Morgan fingerprint density at radius 3 is 2.87 bits per heavy atom. The van der Waals surface area contributed by atoms with Gasteiger partial charge in [-0.05, 0) is 12.3 Å². The zero-order chi connectivity index (χ0) is 10.5. The Hall–Kier alpha value is -0.500. The summed E-state index contributed by atoms with van der Waals surface area (Å²) in [6.45, 7) is 0. The molecule has 0 saturated heterocycles. The first-order chi connectivity index (χ1) is 7.34. The maximum Gasteiger partial charge on any atom is 0.107 e. The van der Waals surface area contributed by atoms with Gasteiger partial charge in [0.2, 0.25) is 0 Å². The van der Waals surface area contributed by atoms with Gasteiger partial charge in [-0.1, -0.05) is 32.1 Å². The third kappa shape index (κ3) is 3.53. The van der Waals surface area contributed by atoms with Gasteiger partial charge in [0, 0.05) is 24.2 Å². The number of nitrogens with zero attached hydrogens (tertiary/aromatic N) is 1. The summed E-state index contributed by atoms with van der Waals surface area (Å²) in [5.74, 6) is 1.88. The van der Waals surface area contributed by atoms with E-state index in [4.69, 9.17) is 11.6 Å². The fourth-order valence-electron chi connectivity index (χ4n) is 2.49. The highest BCUT2D eigenvalue weighted by Gasteiger charge is 2.18. The van der Waals surface area contributed by atoms with Crippen LogP contribution in [0.5, 0.6) is 0 Å². The number of hydrogen-bond donors (Lipinski definition) is 1. The van der Waals surface area contributed by atoms with E-state index in [0.29, 0.717) is 0 Å². The van der Waals surface area contributed by atoms with E-state index in [1.165, 1.54) is 32.1 Å². The van der Waals surface area contributed by atoms with Crippen molar-refractivity contribution in [3.8, 4) is 0 Å². The van der Waals surface area contributed by atoms with Crippen molar-refractivity contribution in [1.29, 1.82) is 0 Å². The van der Waals surface area contributed by atoms with Gasteiger partial charge in [0.1, 0.15) is 5.82 Å². The van der Waals surface area contributed by atoms with E-state index in [-0.39, 0.29) is 5.38 Å². The van der Waals surface area contributed by atoms with Gasteiger partial charge in [-0.25, -0.2) is 4.98 Å². The van der Waals surface area contributed by atoms with Crippen molar-refractivity contribution in [1.82, 2.24) is 9.97 Å². The maximum absolute atomic E-state index is 6.35. The molecular formula is C12H19ClN2. The van der Waals surface area contributed by atoms with Gasteiger partial charge in [-0.15, -0.1) is 11.6 Å². The lowest BCUT2D eigenvalue weighted by molar-refractivity contribution is 0.334. The predicted molar refractivity (Wildman–Crippen MR) is 63.1 cm³/mol. The number of imidazole rings is 1. The summed E-state index contributed by atoms with van der Waals surface area (Å²) in [5.41, 5.74) is 0. The topological polar surface area (TPSA) is 28.7 Å². The Labute approximate surface area is 96.4 Å². The molecule has 1 aliphatic rings. The molecule has 2 rings (SSSR count). The largest absolute Gasteiger partial charge is 0.349 e. The van der Waals surface area contributed by atoms with E-state index in [2.05, 4.69) is 9.97 Å². The number of halogens is 1. The van der Waals surface area contributed by atoms with Crippen molar-refractivity contribution in [2.75, 3.05) is 0 Å².